The molecule has 0 unspecified atom stereocenters. The van der Waals surface area contributed by atoms with Crippen molar-refractivity contribution in [2.45, 2.75) is 33.7 Å². The second-order valence-electron chi connectivity index (χ2n) is 7.26. The first-order valence-electron chi connectivity index (χ1n) is 9.77. The van der Waals surface area contributed by atoms with E-state index in [1.54, 1.807) is 27.3 Å². The molecule has 158 valence electrons. The van der Waals surface area contributed by atoms with Crippen molar-refractivity contribution in [3.8, 4) is 17.2 Å². The number of benzene rings is 1. The van der Waals surface area contributed by atoms with Crippen molar-refractivity contribution in [3.05, 3.63) is 50.4 Å². The van der Waals surface area contributed by atoms with Gasteiger partial charge in [-0.1, -0.05) is 6.92 Å². The molecule has 0 aliphatic carbocycles. The van der Waals surface area contributed by atoms with Gasteiger partial charge in [-0.25, -0.2) is 4.79 Å². The van der Waals surface area contributed by atoms with Crippen molar-refractivity contribution < 1.29 is 9.47 Å². The Kier molecular flexibility index (Phi) is 4.68. The van der Waals surface area contributed by atoms with Crippen LogP contribution in [0.25, 0.3) is 22.6 Å². The van der Waals surface area contributed by atoms with Crippen LogP contribution >= 0.6 is 0 Å². The molecule has 1 aromatic carbocycles. The molecule has 0 amide bonds. The third kappa shape index (κ3) is 2.58. The largest absolute Gasteiger partial charge is 0.497 e. The molecule has 0 N–H and O–H groups in total. The molecule has 0 radical (unpaired) electrons. The van der Waals surface area contributed by atoms with Gasteiger partial charge in [0.1, 0.15) is 11.5 Å². The monoisotopic (exact) mass is 411 g/mol. The lowest BCUT2D eigenvalue weighted by atomic mass is 10.2. The second kappa shape index (κ2) is 7.08. The number of aryl methyl sites for hydroxylation is 2. The molecule has 0 spiro atoms. The highest BCUT2D eigenvalue weighted by atomic mass is 16.5. The lowest BCUT2D eigenvalue weighted by molar-refractivity contribution is 0.393. The Morgan fingerprint density at radius 1 is 1.07 bits per heavy atom. The maximum Gasteiger partial charge on any atom is 0.332 e. The molecule has 0 aliphatic heterocycles. The quantitative estimate of drug-likeness (QED) is 0.503. The van der Waals surface area contributed by atoms with E-state index in [9.17, 15) is 9.59 Å². The molecule has 3 aromatic heterocycles. The number of hydrogen-bond acceptors (Lipinski definition) is 5. The van der Waals surface area contributed by atoms with Gasteiger partial charge in [0.2, 0.25) is 5.78 Å². The zero-order valence-electron chi connectivity index (χ0n) is 18.0. The number of fused-ring (bicyclic) bond motifs is 3. The van der Waals surface area contributed by atoms with E-state index in [1.165, 1.54) is 9.13 Å². The Hall–Kier alpha value is -3.49. The predicted octanol–water partition coefficient (Wildman–Crippen LogP) is 2.18. The van der Waals surface area contributed by atoms with Crippen LogP contribution in [0.2, 0.25) is 0 Å². The Labute approximate surface area is 172 Å². The number of methoxy groups -OCH3 is 2. The molecule has 9 heteroatoms. The number of hydrogen-bond donors (Lipinski definition) is 0. The number of rotatable bonds is 5. The highest BCUT2D eigenvalue weighted by Crippen LogP contribution is 2.32. The average Bonchev–Trinajstić information content (AvgIpc) is 3.25. The van der Waals surface area contributed by atoms with Crippen molar-refractivity contribution in [3.63, 3.8) is 0 Å². The van der Waals surface area contributed by atoms with Crippen molar-refractivity contribution in [1.82, 2.24) is 23.1 Å². The van der Waals surface area contributed by atoms with Crippen molar-refractivity contribution >= 4 is 16.9 Å². The highest BCUT2D eigenvalue weighted by Gasteiger charge is 2.24. The third-order valence-corrected chi connectivity index (χ3v) is 5.59. The molecule has 4 aromatic rings. The van der Waals surface area contributed by atoms with E-state index in [2.05, 4.69) is 0 Å². The van der Waals surface area contributed by atoms with Crippen LogP contribution in [0.1, 0.15) is 24.7 Å². The van der Waals surface area contributed by atoms with Gasteiger partial charge in [-0.2, -0.15) is 4.98 Å². The number of nitrogens with zero attached hydrogens (tertiary/aromatic N) is 5. The van der Waals surface area contributed by atoms with E-state index in [4.69, 9.17) is 14.5 Å². The van der Waals surface area contributed by atoms with Crippen molar-refractivity contribution in [2.75, 3.05) is 14.2 Å². The fourth-order valence-corrected chi connectivity index (χ4v) is 3.93. The summed E-state index contributed by atoms with van der Waals surface area (Å²) in [6.07, 6.45) is 0.685. The maximum absolute atomic E-state index is 13.2. The van der Waals surface area contributed by atoms with Gasteiger partial charge >= 0.3 is 5.69 Å². The summed E-state index contributed by atoms with van der Waals surface area (Å²) >= 11 is 0. The summed E-state index contributed by atoms with van der Waals surface area (Å²) in [4.78, 5) is 30.6. The highest BCUT2D eigenvalue weighted by molar-refractivity contribution is 5.77. The fraction of sp³-hybridized carbons (Fsp3) is 0.381. The minimum absolute atomic E-state index is 0.329. The molecule has 0 fully saturated rings. The fourth-order valence-electron chi connectivity index (χ4n) is 3.93. The van der Waals surface area contributed by atoms with Crippen LogP contribution in [-0.4, -0.2) is 37.3 Å². The predicted molar refractivity (Wildman–Crippen MR) is 114 cm³/mol. The van der Waals surface area contributed by atoms with Crippen LogP contribution in [0.3, 0.4) is 0 Å². The Balaban J connectivity index is 2.16. The minimum atomic E-state index is -0.363. The van der Waals surface area contributed by atoms with E-state index in [0.717, 1.165) is 17.1 Å². The molecule has 0 atom stereocenters. The molecule has 0 saturated heterocycles. The molecule has 3 heterocycles. The Bertz CT molecular complexity index is 1400. The number of ether oxygens (including phenoxy) is 2. The van der Waals surface area contributed by atoms with Crippen LogP contribution in [0.5, 0.6) is 11.5 Å². The maximum atomic E-state index is 13.2. The van der Waals surface area contributed by atoms with Crippen LogP contribution in [0.4, 0.5) is 0 Å². The van der Waals surface area contributed by atoms with E-state index in [0.29, 0.717) is 41.4 Å². The topological polar surface area (TPSA) is 84.7 Å². The molecule has 0 saturated carbocycles. The SMILES string of the molecule is CCCn1c(=O)c2c(nc3n(-c4ccc(OC)cc4OC)c(C)c(C)n23)n(C)c1=O. The number of imidazole rings is 2. The van der Waals surface area contributed by atoms with Crippen LogP contribution in [0.15, 0.2) is 27.8 Å². The summed E-state index contributed by atoms with van der Waals surface area (Å²) < 4.78 is 17.4. The zero-order chi connectivity index (χ0) is 21.7. The first-order valence-corrected chi connectivity index (χ1v) is 9.77. The van der Waals surface area contributed by atoms with Gasteiger partial charge < -0.3 is 9.47 Å². The smallest absolute Gasteiger partial charge is 0.332 e. The van der Waals surface area contributed by atoms with Crippen LogP contribution in [0, 0.1) is 13.8 Å². The zero-order valence-corrected chi connectivity index (χ0v) is 18.0. The Morgan fingerprint density at radius 3 is 2.43 bits per heavy atom. The van der Waals surface area contributed by atoms with Gasteiger partial charge in [-0.15, -0.1) is 0 Å². The van der Waals surface area contributed by atoms with E-state index in [-0.39, 0.29) is 11.2 Å². The minimum Gasteiger partial charge on any atom is -0.497 e. The molecule has 0 bridgehead atoms. The van der Waals surface area contributed by atoms with Crippen LogP contribution < -0.4 is 20.7 Å². The van der Waals surface area contributed by atoms with Gasteiger partial charge in [-0.05, 0) is 32.4 Å². The first kappa shape index (κ1) is 19.8. The van der Waals surface area contributed by atoms with Gasteiger partial charge in [0.15, 0.2) is 11.2 Å². The molecule has 0 aliphatic rings. The lowest BCUT2D eigenvalue weighted by Gasteiger charge is -2.13. The third-order valence-electron chi connectivity index (χ3n) is 5.59. The lowest BCUT2D eigenvalue weighted by Crippen LogP contribution is -2.39. The van der Waals surface area contributed by atoms with E-state index in [1.807, 2.05) is 41.9 Å². The van der Waals surface area contributed by atoms with Gasteiger partial charge in [0.25, 0.3) is 5.56 Å². The second-order valence-corrected chi connectivity index (χ2v) is 7.26. The van der Waals surface area contributed by atoms with Gasteiger partial charge in [0, 0.05) is 31.0 Å². The normalized spacial score (nSPS) is 11.5. The summed E-state index contributed by atoms with van der Waals surface area (Å²) in [6, 6.07) is 5.53. The summed E-state index contributed by atoms with van der Waals surface area (Å²) in [6.45, 7) is 6.19. The molecule has 4 rings (SSSR count). The van der Waals surface area contributed by atoms with Crippen molar-refractivity contribution in [2.24, 2.45) is 7.05 Å². The van der Waals surface area contributed by atoms with E-state index < -0.39 is 0 Å². The Morgan fingerprint density at radius 2 is 1.80 bits per heavy atom. The summed E-state index contributed by atoms with van der Waals surface area (Å²) in [5.74, 6) is 1.83. The van der Waals surface area contributed by atoms with Crippen molar-refractivity contribution in [1.29, 1.82) is 0 Å². The molecular formula is C21H25N5O4. The average molecular weight is 411 g/mol. The van der Waals surface area contributed by atoms with Gasteiger partial charge in [-0.3, -0.25) is 22.9 Å². The molecular weight excluding hydrogens is 386 g/mol. The summed E-state index contributed by atoms with van der Waals surface area (Å²) in [5, 5.41) is 0. The standard InChI is InChI=1S/C21H25N5O4/c1-7-10-24-19(27)17-18(23(4)21(24)28)22-20-25(12(2)13(3)26(17)20)15-9-8-14(29-5)11-16(15)30-6/h8-9,11H,7,10H2,1-6H3. The van der Waals surface area contributed by atoms with Gasteiger partial charge in [0.05, 0.1) is 19.9 Å². The van der Waals surface area contributed by atoms with E-state index >= 15 is 0 Å². The molecule has 30 heavy (non-hydrogen) atoms. The molecule has 9 nitrogen and oxygen atoms in total. The first-order chi connectivity index (χ1) is 14.3. The number of aromatic nitrogens is 5. The van der Waals surface area contributed by atoms with Crippen LogP contribution in [-0.2, 0) is 13.6 Å². The summed E-state index contributed by atoms with van der Waals surface area (Å²) in [7, 11) is 4.83. The summed E-state index contributed by atoms with van der Waals surface area (Å²) in [5.41, 5.74) is 2.61.